The number of fused-ring (bicyclic) bond motifs is 1. The number of nitrogens with two attached hydrogens (primary N) is 1. The Kier molecular flexibility index (Phi) is 4.18. The van der Waals surface area contributed by atoms with Gasteiger partial charge in [-0.3, -0.25) is 4.79 Å². The Morgan fingerprint density at radius 2 is 2.00 bits per heavy atom. The number of carbonyl (C=O) groups is 1. The third-order valence-corrected chi connectivity index (χ3v) is 3.96. The average Bonchev–Trinajstić information content (AvgIpc) is 2.42. The van der Waals surface area contributed by atoms with Crippen molar-refractivity contribution in [2.75, 3.05) is 43.0 Å². The summed E-state index contributed by atoms with van der Waals surface area (Å²) in [6.45, 7) is 6.99. The summed E-state index contributed by atoms with van der Waals surface area (Å²) in [6.07, 6.45) is 0. The number of para-hydroxylation sites is 2. The van der Waals surface area contributed by atoms with Gasteiger partial charge in [0.15, 0.2) is 0 Å². The molecule has 1 amide bonds. The predicted octanol–water partition coefficient (Wildman–Crippen LogP) is 0.796. The zero-order chi connectivity index (χ0) is 14.8. The normalized spacial score (nSPS) is 17.6. The molecule has 0 bridgehead atoms. The maximum absolute atomic E-state index is 11.8. The monoisotopic (exact) mass is 276 g/mol. The molecule has 1 aliphatic heterocycles. The molecule has 0 saturated heterocycles. The van der Waals surface area contributed by atoms with Crippen LogP contribution in [-0.2, 0) is 4.79 Å². The van der Waals surface area contributed by atoms with Crippen LogP contribution in [0.25, 0.3) is 0 Å². The lowest BCUT2D eigenvalue weighted by Gasteiger charge is -2.41. The van der Waals surface area contributed by atoms with Gasteiger partial charge in [-0.2, -0.15) is 0 Å². The van der Waals surface area contributed by atoms with Crippen molar-refractivity contribution >= 4 is 17.3 Å². The Morgan fingerprint density at radius 1 is 1.35 bits per heavy atom. The third kappa shape index (κ3) is 2.72. The molecule has 1 heterocycles. The van der Waals surface area contributed by atoms with E-state index in [0.29, 0.717) is 6.54 Å². The number of hydrogen-bond acceptors (Lipinski definition) is 4. The van der Waals surface area contributed by atoms with Gasteiger partial charge in [-0.15, -0.1) is 0 Å². The molecule has 1 unspecified atom stereocenters. The summed E-state index contributed by atoms with van der Waals surface area (Å²) in [4.78, 5) is 16.3. The Hall–Kier alpha value is -1.75. The molecule has 1 aromatic carbocycles. The molecule has 110 valence electrons. The first-order valence-electron chi connectivity index (χ1n) is 7.08. The number of rotatable bonds is 5. The quantitative estimate of drug-likeness (QED) is 0.835. The van der Waals surface area contributed by atoms with Gasteiger partial charge in [0.05, 0.1) is 11.4 Å². The summed E-state index contributed by atoms with van der Waals surface area (Å²) < 4.78 is 0. The highest BCUT2D eigenvalue weighted by Crippen LogP contribution is 2.32. The van der Waals surface area contributed by atoms with Crippen LogP contribution < -0.4 is 20.9 Å². The molecule has 0 fully saturated rings. The van der Waals surface area contributed by atoms with Crippen LogP contribution in [0.15, 0.2) is 24.3 Å². The zero-order valence-electron chi connectivity index (χ0n) is 12.5. The number of hydrogen-bond donors (Lipinski definition) is 2. The van der Waals surface area contributed by atoms with Crippen molar-refractivity contribution in [3.63, 3.8) is 0 Å². The van der Waals surface area contributed by atoms with Gasteiger partial charge >= 0.3 is 0 Å². The molecule has 5 heteroatoms. The maximum atomic E-state index is 11.8. The van der Waals surface area contributed by atoms with Crippen molar-refractivity contribution in [3.8, 4) is 0 Å². The Morgan fingerprint density at radius 3 is 2.60 bits per heavy atom. The number of primary amides is 1. The summed E-state index contributed by atoms with van der Waals surface area (Å²) in [5.41, 5.74) is 7.23. The third-order valence-electron chi connectivity index (χ3n) is 3.96. The standard InChI is InChI=1S/C15H24N4O/c1-4-17-15(2,14(16)20)11-19-10-9-18(3)12-7-5-6-8-13(12)19/h5-8,17H,4,9-11H2,1-3H3,(H2,16,20). The SMILES string of the molecule is CCNC(C)(CN1CCN(C)c2ccccc21)C(N)=O. The van der Waals surface area contributed by atoms with Crippen LogP contribution in [-0.4, -0.2) is 44.7 Å². The molecule has 20 heavy (non-hydrogen) atoms. The number of carbonyl (C=O) groups excluding carboxylic acids is 1. The first-order valence-corrected chi connectivity index (χ1v) is 7.08. The lowest BCUT2D eigenvalue weighted by Crippen LogP contribution is -2.60. The van der Waals surface area contributed by atoms with Crippen LogP contribution in [0.5, 0.6) is 0 Å². The fourth-order valence-electron chi connectivity index (χ4n) is 2.72. The summed E-state index contributed by atoms with van der Waals surface area (Å²) >= 11 is 0. The van der Waals surface area contributed by atoms with Gasteiger partial charge in [-0.1, -0.05) is 19.1 Å². The van der Waals surface area contributed by atoms with E-state index in [1.165, 1.54) is 5.69 Å². The second-order valence-corrected chi connectivity index (χ2v) is 5.56. The van der Waals surface area contributed by atoms with Crippen LogP contribution in [0.4, 0.5) is 11.4 Å². The van der Waals surface area contributed by atoms with Crippen LogP contribution in [0, 0.1) is 0 Å². The largest absolute Gasteiger partial charge is 0.371 e. The van der Waals surface area contributed by atoms with Crippen molar-refractivity contribution in [1.29, 1.82) is 0 Å². The van der Waals surface area contributed by atoms with Gasteiger partial charge in [-0.25, -0.2) is 0 Å². The van der Waals surface area contributed by atoms with E-state index < -0.39 is 5.54 Å². The van der Waals surface area contributed by atoms with Crippen molar-refractivity contribution < 1.29 is 4.79 Å². The molecule has 1 aliphatic rings. The molecule has 0 aromatic heterocycles. The van der Waals surface area contributed by atoms with E-state index in [4.69, 9.17) is 5.73 Å². The number of amides is 1. The highest BCUT2D eigenvalue weighted by molar-refractivity contribution is 5.85. The first kappa shape index (κ1) is 14.7. The summed E-state index contributed by atoms with van der Waals surface area (Å²) in [6, 6.07) is 8.27. The van der Waals surface area contributed by atoms with Gasteiger partial charge in [0, 0.05) is 26.7 Å². The molecule has 0 spiro atoms. The second-order valence-electron chi connectivity index (χ2n) is 5.56. The second kappa shape index (κ2) is 5.71. The molecular formula is C15H24N4O. The molecule has 5 nitrogen and oxygen atoms in total. The van der Waals surface area contributed by atoms with E-state index in [9.17, 15) is 4.79 Å². The summed E-state index contributed by atoms with van der Waals surface area (Å²) in [5.74, 6) is -0.309. The summed E-state index contributed by atoms with van der Waals surface area (Å²) in [5, 5.41) is 3.22. The highest BCUT2D eigenvalue weighted by atomic mass is 16.1. The van der Waals surface area contributed by atoms with Crippen molar-refractivity contribution in [2.45, 2.75) is 19.4 Å². The van der Waals surface area contributed by atoms with Crippen molar-refractivity contribution in [2.24, 2.45) is 5.73 Å². The highest BCUT2D eigenvalue weighted by Gasteiger charge is 2.34. The average molecular weight is 276 g/mol. The van der Waals surface area contributed by atoms with E-state index >= 15 is 0 Å². The van der Waals surface area contributed by atoms with Gasteiger partial charge in [-0.05, 0) is 25.6 Å². The lowest BCUT2D eigenvalue weighted by atomic mass is 9.99. The van der Waals surface area contributed by atoms with E-state index in [2.05, 4.69) is 34.3 Å². The van der Waals surface area contributed by atoms with Crippen molar-refractivity contribution in [1.82, 2.24) is 5.32 Å². The van der Waals surface area contributed by atoms with Gasteiger partial charge in [0.1, 0.15) is 5.54 Å². The van der Waals surface area contributed by atoms with Gasteiger partial charge < -0.3 is 20.9 Å². The van der Waals surface area contributed by atoms with Gasteiger partial charge in [0.2, 0.25) is 5.91 Å². The fourth-order valence-corrected chi connectivity index (χ4v) is 2.72. The lowest BCUT2D eigenvalue weighted by molar-refractivity contribution is -0.123. The molecule has 0 radical (unpaired) electrons. The molecule has 0 saturated carbocycles. The Balaban J connectivity index is 2.26. The topological polar surface area (TPSA) is 61.6 Å². The predicted molar refractivity (Wildman–Crippen MR) is 83.2 cm³/mol. The number of nitrogens with one attached hydrogen (secondary N) is 1. The van der Waals surface area contributed by atoms with E-state index in [1.54, 1.807) is 0 Å². The van der Waals surface area contributed by atoms with Crippen LogP contribution >= 0.6 is 0 Å². The maximum Gasteiger partial charge on any atom is 0.239 e. The molecular weight excluding hydrogens is 252 g/mol. The Labute approximate surface area is 120 Å². The molecule has 3 N–H and O–H groups in total. The minimum Gasteiger partial charge on any atom is -0.371 e. The van der Waals surface area contributed by atoms with E-state index in [0.717, 1.165) is 25.3 Å². The van der Waals surface area contributed by atoms with E-state index in [-0.39, 0.29) is 5.91 Å². The fraction of sp³-hybridized carbons (Fsp3) is 0.533. The van der Waals surface area contributed by atoms with Crippen LogP contribution in [0.2, 0.25) is 0 Å². The molecule has 0 aliphatic carbocycles. The number of likely N-dealkylation sites (N-methyl/N-ethyl adjacent to an activating group) is 2. The molecule has 1 aromatic rings. The van der Waals surface area contributed by atoms with Crippen molar-refractivity contribution in [3.05, 3.63) is 24.3 Å². The first-order chi connectivity index (χ1) is 9.48. The number of anilines is 2. The summed E-state index contributed by atoms with van der Waals surface area (Å²) in [7, 11) is 2.09. The minimum absolute atomic E-state index is 0.309. The van der Waals surface area contributed by atoms with Crippen LogP contribution in [0.1, 0.15) is 13.8 Å². The smallest absolute Gasteiger partial charge is 0.239 e. The van der Waals surface area contributed by atoms with Gasteiger partial charge in [0.25, 0.3) is 0 Å². The van der Waals surface area contributed by atoms with E-state index in [1.807, 2.05) is 26.0 Å². The molecule has 2 rings (SSSR count). The van der Waals surface area contributed by atoms with Crippen LogP contribution in [0.3, 0.4) is 0 Å². The molecule has 1 atom stereocenters. The number of nitrogens with zero attached hydrogens (tertiary/aromatic N) is 2. The minimum atomic E-state index is -0.711. The zero-order valence-corrected chi connectivity index (χ0v) is 12.5. The number of benzene rings is 1. The Bertz CT molecular complexity index is 491.